The summed E-state index contributed by atoms with van der Waals surface area (Å²) < 4.78 is 37.7. The molecule has 92 valence electrons. The Balaban J connectivity index is 2.34. The molecule has 1 nitrogen and oxygen atoms in total. The Morgan fingerprint density at radius 1 is 1.47 bits per heavy atom. The minimum Gasteiger partial charge on any atom is -0.300 e. The summed E-state index contributed by atoms with van der Waals surface area (Å²) >= 11 is 1.52. The molecule has 1 aromatic carbocycles. The van der Waals surface area contributed by atoms with E-state index in [-0.39, 0.29) is 11.7 Å². The molecule has 5 heteroatoms. The zero-order chi connectivity index (χ0) is 12.6. The van der Waals surface area contributed by atoms with Gasteiger partial charge in [0.05, 0.1) is 5.56 Å². The van der Waals surface area contributed by atoms with E-state index in [4.69, 9.17) is 0 Å². The van der Waals surface area contributed by atoms with E-state index in [1.54, 1.807) is 0 Å². The van der Waals surface area contributed by atoms with Crippen molar-refractivity contribution in [3.63, 3.8) is 0 Å². The molecule has 0 N–H and O–H groups in total. The molecule has 0 aliphatic carbocycles. The van der Waals surface area contributed by atoms with Crippen LogP contribution in [0.15, 0.2) is 23.1 Å². The van der Waals surface area contributed by atoms with Crippen molar-refractivity contribution in [1.29, 1.82) is 0 Å². The van der Waals surface area contributed by atoms with Crippen LogP contribution in [0, 0.1) is 0 Å². The maximum absolute atomic E-state index is 12.6. The molecule has 17 heavy (non-hydrogen) atoms. The Labute approximate surface area is 101 Å². The van der Waals surface area contributed by atoms with Gasteiger partial charge in [-0.15, -0.1) is 11.8 Å². The van der Waals surface area contributed by atoms with Crippen LogP contribution in [0.5, 0.6) is 0 Å². The second kappa shape index (κ2) is 4.37. The highest BCUT2D eigenvalue weighted by Crippen LogP contribution is 2.43. The molecule has 0 fully saturated rings. The highest BCUT2D eigenvalue weighted by Gasteiger charge is 2.33. The van der Waals surface area contributed by atoms with Gasteiger partial charge in [0.1, 0.15) is 5.78 Å². The van der Waals surface area contributed by atoms with E-state index in [2.05, 4.69) is 0 Å². The second-order valence-corrected chi connectivity index (χ2v) is 5.23. The molecule has 0 amide bonds. The second-order valence-electron chi connectivity index (χ2n) is 4.16. The highest BCUT2D eigenvalue weighted by molar-refractivity contribution is 7.99. The van der Waals surface area contributed by atoms with Gasteiger partial charge in [0.15, 0.2) is 0 Å². The predicted octanol–water partition coefficient (Wildman–Crippen LogP) is 3.87. The first-order valence-electron chi connectivity index (χ1n) is 5.21. The molecule has 1 aliphatic heterocycles. The van der Waals surface area contributed by atoms with Crippen molar-refractivity contribution in [2.24, 2.45) is 0 Å². The first-order chi connectivity index (χ1) is 7.88. The molecule has 1 heterocycles. The summed E-state index contributed by atoms with van der Waals surface area (Å²) in [5.41, 5.74) is 0.0346. The van der Waals surface area contributed by atoms with Crippen LogP contribution in [-0.4, -0.2) is 11.5 Å². The topological polar surface area (TPSA) is 17.1 Å². The normalized spacial score (nSPS) is 19.2. The molecule has 0 saturated heterocycles. The van der Waals surface area contributed by atoms with Crippen LogP contribution in [0.4, 0.5) is 13.2 Å². The van der Waals surface area contributed by atoms with Crippen molar-refractivity contribution in [3.8, 4) is 0 Å². The van der Waals surface area contributed by atoms with E-state index >= 15 is 0 Å². The standard InChI is InChI=1S/C12H11F3OS/c1-7(16)4-8-6-17-11-3-2-9(5-10(8)11)12(13,14)15/h2-3,5,8H,4,6H2,1H3. The fourth-order valence-electron chi connectivity index (χ4n) is 1.97. The van der Waals surface area contributed by atoms with Crippen LogP contribution in [0.2, 0.25) is 0 Å². The van der Waals surface area contributed by atoms with Crippen LogP contribution >= 0.6 is 11.8 Å². The highest BCUT2D eigenvalue weighted by atomic mass is 32.2. The SMILES string of the molecule is CC(=O)CC1CSc2ccc(C(F)(F)F)cc21. The number of thioether (sulfide) groups is 1. The molecule has 1 unspecified atom stereocenters. The van der Waals surface area contributed by atoms with Crippen LogP contribution in [0.1, 0.15) is 30.4 Å². The largest absolute Gasteiger partial charge is 0.416 e. The van der Waals surface area contributed by atoms with Gasteiger partial charge in [0.2, 0.25) is 0 Å². The third-order valence-electron chi connectivity index (χ3n) is 2.75. The number of rotatable bonds is 2. The van der Waals surface area contributed by atoms with Gasteiger partial charge in [-0.2, -0.15) is 13.2 Å². The summed E-state index contributed by atoms with van der Waals surface area (Å²) in [7, 11) is 0. The fraction of sp³-hybridized carbons (Fsp3) is 0.417. The van der Waals surface area contributed by atoms with Crippen molar-refractivity contribution in [1.82, 2.24) is 0 Å². The molecule has 2 rings (SSSR count). The van der Waals surface area contributed by atoms with E-state index in [9.17, 15) is 18.0 Å². The predicted molar refractivity (Wildman–Crippen MR) is 60.2 cm³/mol. The molecule has 0 bridgehead atoms. The van der Waals surface area contributed by atoms with Crippen molar-refractivity contribution >= 4 is 17.5 Å². The van der Waals surface area contributed by atoms with Gasteiger partial charge in [-0.05, 0) is 30.7 Å². The van der Waals surface area contributed by atoms with E-state index in [1.807, 2.05) is 0 Å². The lowest BCUT2D eigenvalue weighted by Gasteiger charge is -2.12. The minimum atomic E-state index is -4.32. The lowest BCUT2D eigenvalue weighted by atomic mass is 9.94. The number of hydrogen-bond acceptors (Lipinski definition) is 2. The van der Waals surface area contributed by atoms with Crippen molar-refractivity contribution < 1.29 is 18.0 Å². The van der Waals surface area contributed by atoms with Gasteiger partial charge in [-0.1, -0.05) is 0 Å². The molecule has 0 saturated carbocycles. The zero-order valence-electron chi connectivity index (χ0n) is 9.17. The summed E-state index contributed by atoms with van der Waals surface area (Å²) in [5.74, 6) is 0.631. The number of Topliss-reactive ketones (excluding diaryl/α,β-unsaturated/α-hetero) is 1. The average molecular weight is 260 g/mol. The average Bonchev–Trinajstić information content (AvgIpc) is 2.59. The van der Waals surface area contributed by atoms with Crippen LogP contribution in [-0.2, 0) is 11.0 Å². The lowest BCUT2D eigenvalue weighted by Crippen LogP contribution is -2.08. The van der Waals surface area contributed by atoms with Gasteiger partial charge in [-0.3, -0.25) is 0 Å². The third-order valence-corrected chi connectivity index (χ3v) is 4.00. The fourth-order valence-corrected chi connectivity index (χ4v) is 3.21. The lowest BCUT2D eigenvalue weighted by molar-refractivity contribution is -0.137. The molecule has 0 aromatic heterocycles. The molecule has 0 spiro atoms. The Morgan fingerprint density at radius 2 is 2.18 bits per heavy atom. The number of ketones is 1. The Morgan fingerprint density at radius 3 is 2.76 bits per heavy atom. The monoisotopic (exact) mass is 260 g/mol. The molecule has 0 radical (unpaired) electrons. The van der Waals surface area contributed by atoms with Gasteiger partial charge in [0.25, 0.3) is 0 Å². The van der Waals surface area contributed by atoms with Gasteiger partial charge in [0, 0.05) is 23.0 Å². The van der Waals surface area contributed by atoms with Crippen LogP contribution in [0.3, 0.4) is 0 Å². The Bertz CT molecular complexity index is 454. The number of benzene rings is 1. The van der Waals surface area contributed by atoms with Crippen molar-refractivity contribution in [3.05, 3.63) is 29.3 Å². The smallest absolute Gasteiger partial charge is 0.300 e. The zero-order valence-corrected chi connectivity index (χ0v) is 9.99. The summed E-state index contributed by atoms with van der Waals surface area (Å²) in [6.45, 7) is 1.47. The Hall–Kier alpha value is -0.970. The summed E-state index contributed by atoms with van der Waals surface area (Å²) in [6.07, 6.45) is -4.00. The van der Waals surface area contributed by atoms with Crippen LogP contribution in [0.25, 0.3) is 0 Å². The molecule has 1 aliphatic rings. The van der Waals surface area contributed by atoms with E-state index in [0.29, 0.717) is 17.7 Å². The first kappa shape index (κ1) is 12.5. The minimum absolute atomic E-state index is 0.0147. The number of halogens is 3. The van der Waals surface area contributed by atoms with Gasteiger partial charge in [-0.25, -0.2) is 0 Å². The summed E-state index contributed by atoms with van der Waals surface area (Å²) in [6, 6.07) is 3.79. The molecular formula is C12H11F3OS. The van der Waals surface area contributed by atoms with Gasteiger partial charge >= 0.3 is 6.18 Å². The number of hydrogen-bond donors (Lipinski definition) is 0. The van der Waals surface area contributed by atoms with E-state index in [1.165, 1.54) is 30.8 Å². The first-order valence-corrected chi connectivity index (χ1v) is 6.20. The van der Waals surface area contributed by atoms with Crippen molar-refractivity contribution in [2.45, 2.75) is 30.3 Å². The third kappa shape index (κ3) is 2.65. The number of carbonyl (C=O) groups is 1. The Kier molecular flexibility index (Phi) is 3.21. The number of carbonyl (C=O) groups excluding carboxylic acids is 1. The van der Waals surface area contributed by atoms with E-state index < -0.39 is 11.7 Å². The molecular weight excluding hydrogens is 249 g/mol. The summed E-state index contributed by atoms with van der Waals surface area (Å²) in [5, 5.41) is 0. The van der Waals surface area contributed by atoms with Crippen LogP contribution < -0.4 is 0 Å². The molecule has 1 aromatic rings. The quantitative estimate of drug-likeness (QED) is 0.802. The van der Waals surface area contributed by atoms with Crippen molar-refractivity contribution in [2.75, 3.05) is 5.75 Å². The number of fused-ring (bicyclic) bond motifs is 1. The number of alkyl halides is 3. The van der Waals surface area contributed by atoms with E-state index in [0.717, 1.165) is 11.0 Å². The van der Waals surface area contributed by atoms with Gasteiger partial charge < -0.3 is 4.79 Å². The maximum Gasteiger partial charge on any atom is 0.416 e. The maximum atomic E-state index is 12.6. The molecule has 1 atom stereocenters. The summed E-state index contributed by atoms with van der Waals surface area (Å²) in [4.78, 5) is 11.9.